The van der Waals surface area contributed by atoms with E-state index in [0.29, 0.717) is 0 Å². The minimum absolute atomic E-state index is 1.27. The molecule has 3 heterocycles. The highest BCUT2D eigenvalue weighted by Gasteiger charge is 2.14. The smallest absolute Gasteiger partial charge is 0.0542 e. The standard InChI is InChI=1S/C36H20S3/c1-2-6-21(7-3-1)32-20-28-15-25(12-13-31(28)37-32)24-10-11-26-17-30-34(19-27(26)14-24)39-35-29-16-22-8-4-5-9-23(22)18-33(29)38-36(30)35/h1-20H. The van der Waals surface area contributed by atoms with Crippen LogP contribution in [0.1, 0.15) is 0 Å². The Morgan fingerprint density at radius 1 is 0.333 bits per heavy atom. The maximum Gasteiger partial charge on any atom is 0.0542 e. The first-order chi connectivity index (χ1) is 19.3. The van der Waals surface area contributed by atoms with Crippen LogP contribution in [-0.2, 0) is 0 Å². The summed E-state index contributed by atoms with van der Waals surface area (Å²) in [6.07, 6.45) is 0. The summed E-state index contributed by atoms with van der Waals surface area (Å²) in [4.78, 5) is 1.32. The molecule has 0 saturated heterocycles. The molecule has 0 aliphatic carbocycles. The number of hydrogen-bond donors (Lipinski definition) is 0. The first-order valence-corrected chi connectivity index (χ1v) is 15.5. The topological polar surface area (TPSA) is 0 Å². The molecule has 39 heavy (non-hydrogen) atoms. The van der Waals surface area contributed by atoms with Crippen LogP contribution in [0.4, 0.5) is 0 Å². The van der Waals surface area contributed by atoms with Gasteiger partial charge in [0.15, 0.2) is 0 Å². The van der Waals surface area contributed by atoms with Crippen LogP contribution in [-0.4, -0.2) is 0 Å². The van der Waals surface area contributed by atoms with Gasteiger partial charge in [-0.05, 0) is 92.2 Å². The van der Waals surface area contributed by atoms with Crippen molar-refractivity contribution in [3.8, 4) is 21.6 Å². The molecule has 3 aromatic heterocycles. The van der Waals surface area contributed by atoms with Gasteiger partial charge in [-0.25, -0.2) is 0 Å². The van der Waals surface area contributed by atoms with Crippen LogP contribution < -0.4 is 0 Å². The van der Waals surface area contributed by atoms with E-state index in [1.54, 1.807) is 0 Å². The van der Waals surface area contributed by atoms with Gasteiger partial charge >= 0.3 is 0 Å². The fraction of sp³-hybridized carbons (Fsp3) is 0. The predicted molar refractivity (Wildman–Crippen MR) is 176 cm³/mol. The van der Waals surface area contributed by atoms with Crippen LogP contribution in [0.25, 0.3) is 82.8 Å². The average molecular weight is 549 g/mol. The Kier molecular flexibility index (Phi) is 4.62. The largest absolute Gasteiger partial charge is 0.135 e. The first kappa shape index (κ1) is 21.9. The summed E-state index contributed by atoms with van der Waals surface area (Å²) in [6, 6.07) is 45.0. The van der Waals surface area contributed by atoms with E-state index in [4.69, 9.17) is 0 Å². The SMILES string of the molecule is c1ccc(-c2cc3cc(-c4ccc5cc6c(cc5c4)sc4c5cc7ccccc7cc5sc64)ccc3s2)cc1. The summed E-state index contributed by atoms with van der Waals surface area (Å²) in [6.45, 7) is 0. The Balaban J connectivity index is 1.17. The second-order valence-corrected chi connectivity index (χ2v) is 13.4. The molecule has 0 nitrogen and oxygen atoms in total. The lowest BCUT2D eigenvalue weighted by atomic mass is 9.99. The Labute approximate surface area is 237 Å². The zero-order valence-electron chi connectivity index (χ0n) is 20.8. The second-order valence-electron chi connectivity index (χ2n) is 10.2. The molecule has 0 bridgehead atoms. The van der Waals surface area contributed by atoms with Gasteiger partial charge in [-0.15, -0.1) is 34.0 Å². The molecule has 0 spiro atoms. The molecule has 0 atom stereocenters. The molecule has 0 aliphatic rings. The van der Waals surface area contributed by atoms with E-state index in [9.17, 15) is 0 Å². The molecule has 0 aliphatic heterocycles. The van der Waals surface area contributed by atoms with E-state index in [-0.39, 0.29) is 0 Å². The van der Waals surface area contributed by atoms with E-state index < -0.39 is 0 Å². The monoisotopic (exact) mass is 548 g/mol. The average Bonchev–Trinajstić information content (AvgIpc) is 3.66. The van der Waals surface area contributed by atoms with Crippen molar-refractivity contribution in [2.45, 2.75) is 0 Å². The molecule has 182 valence electrons. The third kappa shape index (κ3) is 3.41. The van der Waals surface area contributed by atoms with Crippen LogP contribution in [0.5, 0.6) is 0 Å². The zero-order valence-corrected chi connectivity index (χ0v) is 23.2. The van der Waals surface area contributed by atoms with Crippen LogP contribution in [0.15, 0.2) is 121 Å². The fourth-order valence-electron chi connectivity index (χ4n) is 5.83. The molecule has 9 aromatic rings. The minimum atomic E-state index is 1.27. The highest BCUT2D eigenvalue weighted by molar-refractivity contribution is 7.36. The van der Waals surface area contributed by atoms with Gasteiger partial charge in [-0.2, -0.15) is 0 Å². The van der Waals surface area contributed by atoms with Crippen molar-refractivity contribution < 1.29 is 0 Å². The van der Waals surface area contributed by atoms with Gasteiger partial charge in [0.2, 0.25) is 0 Å². The van der Waals surface area contributed by atoms with Crippen LogP contribution >= 0.6 is 34.0 Å². The lowest BCUT2D eigenvalue weighted by Gasteiger charge is -2.05. The third-order valence-electron chi connectivity index (χ3n) is 7.81. The summed E-state index contributed by atoms with van der Waals surface area (Å²) in [5.41, 5.74) is 3.82. The van der Waals surface area contributed by atoms with Gasteiger partial charge < -0.3 is 0 Å². The molecular formula is C36H20S3. The van der Waals surface area contributed by atoms with Gasteiger partial charge in [-0.3, -0.25) is 0 Å². The number of benzene rings is 6. The minimum Gasteiger partial charge on any atom is -0.135 e. The molecule has 6 aromatic carbocycles. The van der Waals surface area contributed by atoms with Crippen molar-refractivity contribution in [1.82, 2.24) is 0 Å². The van der Waals surface area contributed by atoms with Gasteiger partial charge in [0.05, 0.1) is 9.40 Å². The maximum atomic E-state index is 2.40. The highest BCUT2D eigenvalue weighted by Crippen LogP contribution is 2.46. The van der Waals surface area contributed by atoms with Crippen molar-refractivity contribution in [2.24, 2.45) is 0 Å². The quantitative estimate of drug-likeness (QED) is 0.201. The molecule has 0 saturated carbocycles. The lowest BCUT2D eigenvalue weighted by molar-refractivity contribution is 1.69. The lowest BCUT2D eigenvalue weighted by Crippen LogP contribution is -1.79. The predicted octanol–water partition coefficient (Wildman–Crippen LogP) is 12.1. The Morgan fingerprint density at radius 2 is 0.923 bits per heavy atom. The Hall–Kier alpha value is -4.02. The molecule has 0 unspecified atom stereocenters. The van der Waals surface area contributed by atoms with E-state index in [1.165, 1.54) is 82.8 Å². The van der Waals surface area contributed by atoms with Crippen molar-refractivity contribution in [2.75, 3.05) is 0 Å². The summed E-state index contributed by atoms with van der Waals surface area (Å²) in [7, 11) is 0. The molecule has 3 heteroatoms. The van der Waals surface area contributed by atoms with Crippen LogP contribution in [0.2, 0.25) is 0 Å². The van der Waals surface area contributed by atoms with E-state index >= 15 is 0 Å². The van der Waals surface area contributed by atoms with Crippen LogP contribution in [0.3, 0.4) is 0 Å². The van der Waals surface area contributed by atoms with Gasteiger partial charge in [0.1, 0.15) is 0 Å². The molecule has 9 rings (SSSR count). The molecular weight excluding hydrogens is 529 g/mol. The molecule has 0 N–H and O–H groups in total. The number of fused-ring (bicyclic) bond motifs is 8. The Bertz CT molecular complexity index is 2380. The summed E-state index contributed by atoms with van der Waals surface area (Å²) in [5, 5.41) is 9.32. The zero-order chi connectivity index (χ0) is 25.5. The van der Waals surface area contributed by atoms with Crippen molar-refractivity contribution >= 4 is 95.2 Å². The maximum absolute atomic E-state index is 2.40. The van der Waals surface area contributed by atoms with Crippen molar-refractivity contribution in [1.29, 1.82) is 0 Å². The molecule has 0 fully saturated rings. The van der Waals surface area contributed by atoms with Gasteiger partial charge in [-0.1, -0.05) is 72.8 Å². The summed E-state index contributed by atoms with van der Waals surface area (Å²) < 4.78 is 6.92. The molecule has 0 radical (unpaired) electrons. The number of thiophene rings is 3. The summed E-state index contributed by atoms with van der Waals surface area (Å²) >= 11 is 5.74. The second kappa shape index (κ2) is 8.24. The van der Waals surface area contributed by atoms with Crippen molar-refractivity contribution in [3.05, 3.63) is 121 Å². The third-order valence-corrected chi connectivity index (χ3v) is 11.5. The van der Waals surface area contributed by atoms with Crippen molar-refractivity contribution in [3.63, 3.8) is 0 Å². The molecule has 0 amide bonds. The Morgan fingerprint density at radius 3 is 1.67 bits per heavy atom. The highest BCUT2D eigenvalue weighted by atomic mass is 32.1. The van der Waals surface area contributed by atoms with Gasteiger partial charge in [0.25, 0.3) is 0 Å². The van der Waals surface area contributed by atoms with E-state index in [2.05, 4.69) is 121 Å². The number of rotatable bonds is 2. The normalized spacial score (nSPS) is 12.1. The first-order valence-electron chi connectivity index (χ1n) is 13.1. The van der Waals surface area contributed by atoms with Gasteiger partial charge in [0, 0.05) is 29.7 Å². The van der Waals surface area contributed by atoms with E-state index in [0.717, 1.165) is 0 Å². The van der Waals surface area contributed by atoms with Crippen LogP contribution in [0, 0.1) is 0 Å². The summed E-state index contributed by atoms with van der Waals surface area (Å²) in [5.74, 6) is 0. The number of hydrogen-bond acceptors (Lipinski definition) is 3. The fourth-order valence-corrected chi connectivity index (χ4v) is 9.58. The van der Waals surface area contributed by atoms with E-state index in [1.807, 2.05) is 34.0 Å².